The first-order valence-electron chi connectivity index (χ1n) is 6.58. The normalized spacial score (nSPS) is 11.1. The van der Waals surface area contributed by atoms with Crippen molar-refractivity contribution in [2.24, 2.45) is 0 Å². The molecule has 0 spiro atoms. The quantitative estimate of drug-likeness (QED) is 0.746. The third kappa shape index (κ3) is 2.02. The Morgan fingerprint density at radius 1 is 1.25 bits per heavy atom. The van der Waals surface area contributed by atoms with Gasteiger partial charge in [-0.3, -0.25) is 0 Å². The summed E-state index contributed by atoms with van der Waals surface area (Å²) in [5, 5.41) is 0.609. The molecule has 0 atom stereocenters. The molecule has 20 heavy (non-hydrogen) atoms. The highest BCUT2D eigenvalue weighted by Gasteiger charge is 2.17. The Balaban J connectivity index is 2.33. The number of anilines is 1. The maximum atomic E-state index is 6.31. The van der Waals surface area contributed by atoms with E-state index in [2.05, 4.69) is 21.5 Å². The van der Waals surface area contributed by atoms with Crippen LogP contribution in [0.5, 0.6) is 0 Å². The minimum Gasteiger partial charge on any atom is -0.398 e. The molecule has 4 nitrogen and oxygen atoms in total. The molecule has 0 amide bonds. The van der Waals surface area contributed by atoms with Gasteiger partial charge in [-0.05, 0) is 30.7 Å². The van der Waals surface area contributed by atoms with E-state index >= 15 is 0 Å². The van der Waals surface area contributed by atoms with Gasteiger partial charge in [0.1, 0.15) is 11.3 Å². The molecule has 2 N–H and O–H groups in total. The fourth-order valence-corrected chi connectivity index (χ4v) is 2.63. The summed E-state index contributed by atoms with van der Waals surface area (Å²) in [5.41, 5.74) is 9.21. The lowest BCUT2D eigenvalue weighted by Gasteiger charge is -2.10. The van der Waals surface area contributed by atoms with Gasteiger partial charge in [-0.15, -0.1) is 0 Å². The maximum absolute atomic E-state index is 6.31. The fraction of sp³-hybridized carbons (Fsp3) is 0.200. The van der Waals surface area contributed by atoms with Gasteiger partial charge in [0, 0.05) is 18.4 Å². The van der Waals surface area contributed by atoms with E-state index in [0.29, 0.717) is 10.7 Å². The molecule has 102 valence electrons. The number of aryl methyl sites for hydroxylation is 1. The Hall–Kier alpha value is -2.07. The second kappa shape index (κ2) is 5.13. The molecule has 0 fully saturated rings. The largest absolute Gasteiger partial charge is 0.398 e. The second-order valence-electron chi connectivity index (χ2n) is 4.64. The molecule has 2 heterocycles. The first-order valence-corrected chi connectivity index (χ1v) is 6.95. The maximum Gasteiger partial charge on any atom is 0.160 e. The standard InChI is InChI=1S/C15H15ClN4/c1-2-9-20-14-12(7-4-8-18-14)19-15(20)13-10(16)5-3-6-11(13)17/h3-8H,2,9,17H2,1H3. The first kappa shape index (κ1) is 12.9. The minimum absolute atomic E-state index is 0.609. The predicted octanol–water partition coefficient (Wildman–Crippen LogP) is 3.74. The van der Waals surface area contributed by atoms with Gasteiger partial charge < -0.3 is 10.3 Å². The van der Waals surface area contributed by atoms with Crippen LogP contribution in [0.3, 0.4) is 0 Å². The van der Waals surface area contributed by atoms with Crippen LogP contribution in [0.25, 0.3) is 22.6 Å². The summed E-state index contributed by atoms with van der Waals surface area (Å²) < 4.78 is 2.08. The van der Waals surface area contributed by atoms with Crippen molar-refractivity contribution >= 4 is 28.5 Å². The van der Waals surface area contributed by atoms with E-state index in [-0.39, 0.29) is 0 Å². The summed E-state index contributed by atoms with van der Waals surface area (Å²) in [6.07, 6.45) is 2.76. The topological polar surface area (TPSA) is 56.7 Å². The molecule has 0 bridgehead atoms. The van der Waals surface area contributed by atoms with Gasteiger partial charge >= 0.3 is 0 Å². The van der Waals surface area contributed by atoms with Crippen LogP contribution in [0.2, 0.25) is 5.02 Å². The number of aromatic nitrogens is 3. The average molecular weight is 287 g/mol. The van der Waals surface area contributed by atoms with Crippen molar-refractivity contribution in [1.29, 1.82) is 0 Å². The Morgan fingerprint density at radius 2 is 2.10 bits per heavy atom. The van der Waals surface area contributed by atoms with Crippen LogP contribution >= 0.6 is 11.6 Å². The molecule has 0 saturated carbocycles. The molecule has 1 aromatic carbocycles. The summed E-state index contributed by atoms with van der Waals surface area (Å²) in [7, 11) is 0. The molecule has 3 aromatic rings. The van der Waals surface area contributed by atoms with Crippen molar-refractivity contribution in [2.45, 2.75) is 19.9 Å². The number of pyridine rings is 1. The van der Waals surface area contributed by atoms with Crippen LogP contribution in [-0.4, -0.2) is 14.5 Å². The van der Waals surface area contributed by atoms with Crippen molar-refractivity contribution in [1.82, 2.24) is 14.5 Å². The zero-order chi connectivity index (χ0) is 14.1. The van der Waals surface area contributed by atoms with Crippen molar-refractivity contribution in [3.63, 3.8) is 0 Å². The number of nitrogens with zero attached hydrogens (tertiary/aromatic N) is 3. The number of benzene rings is 1. The highest BCUT2D eigenvalue weighted by molar-refractivity contribution is 6.33. The lowest BCUT2D eigenvalue weighted by Crippen LogP contribution is -2.03. The van der Waals surface area contributed by atoms with Crippen molar-refractivity contribution in [3.05, 3.63) is 41.6 Å². The number of hydrogen-bond donors (Lipinski definition) is 1. The van der Waals surface area contributed by atoms with E-state index in [1.165, 1.54) is 0 Å². The number of rotatable bonds is 3. The van der Waals surface area contributed by atoms with Gasteiger partial charge in [0.2, 0.25) is 0 Å². The Bertz CT molecular complexity index is 743. The van der Waals surface area contributed by atoms with E-state index in [0.717, 1.165) is 35.5 Å². The lowest BCUT2D eigenvalue weighted by molar-refractivity contribution is 0.698. The summed E-state index contributed by atoms with van der Waals surface area (Å²) in [5.74, 6) is 0.781. The third-order valence-electron chi connectivity index (χ3n) is 3.22. The van der Waals surface area contributed by atoms with Gasteiger partial charge in [-0.1, -0.05) is 24.6 Å². The predicted molar refractivity (Wildman–Crippen MR) is 82.7 cm³/mol. The van der Waals surface area contributed by atoms with Crippen LogP contribution in [-0.2, 0) is 6.54 Å². The van der Waals surface area contributed by atoms with E-state index in [1.54, 1.807) is 6.20 Å². The minimum atomic E-state index is 0.609. The summed E-state index contributed by atoms with van der Waals surface area (Å²) in [6.45, 7) is 2.95. The number of hydrogen-bond acceptors (Lipinski definition) is 3. The van der Waals surface area contributed by atoms with E-state index in [9.17, 15) is 0 Å². The summed E-state index contributed by atoms with van der Waals surface area (Å²) >= 11 is 6.31. The number of nitrogens with two attached hydrogens (primary N) is 1. The van der Waals surface area contributed by atoms with Gasteiger partial charge in [0.25, 0.3) is 0 Å². The van der Waals surface area contributed by atoms with Gasteiger partial charge in [0.05, 0.1) is 10.6 Å². The molecule has 0 aliphatic rings. The first-order chi connectivity index (χ1) is 9.72. The van der Waals surface area contributed by atoms with Crippen molar-refractivity contribution in [2.75, 3.05) is 5.73 Å². The van der Waals surface area contributed by atoms with Gasteiger partial charge in [0.15, 0.2) is 5.65 Å². The van der Waals surface area contributed by atoms with Crippen LogP contribution < -0.4 is 5.73 Å². The van der Waals surface area contributed by atoms with E-state index in [4.69, 9.17) is 17.3 Å². The molecule has 0 unspecified atom stereocenters. The van der Waals surface area contributed by atoms with Crippen molar-refractivity contribution < 1.29 is 0 Å². The molecule has 2 aromatic heterocycles. The Morgan fingerprint density at radius 3 is 2.85 bits per heavy atom. The second-order valence-corrected chi connectivity index (χ2v) is 5.04. The van der Waals surface area contributed by atoms with E-state index in [1.807, 2.05) is 30.3 Å². The molecule has 0 aliphatic heterocycles. The number of halogens is 1. The molecule has 3 rings (SSSR count). The Kier molecular flexibility index (Phi) is 3.32. The molecule has 0 radical (unpaired) electrons. The van der Waals surface area contributed by atoms with Crippen LogP contribution in [0.1, 0.15) is 13.3 Å². The molecule has 0 saturated heterocycles. The lowest BCUT2D eigenvalue weighted by atomic mass is 10.1. The molecular weight excluding hydrogens is 272 g/mol. The van der Waals surface area contributed by atoms with Crippen LogP contribution in [0, 0.1) is 0 Å². The fourth-order valence-electron chi connectivity index (χ4n) is 2.36. The highest BCUT2D eigenvalue weighted by atomic mass is 35.5. The molecule has 5 heteroatoms. The zero-order valence-corrected chi connectivity index (χ0v) is 11.9. The van der Waals surface area contributed by atoms with Crippen LogP contribution in [0.4, 0.5) is 5.69 Å². The SMILES string of the molecule is CCCn1c(-c2c(N)cccc2Cl)nc2cccnc21. The van der Waals surface area contributed by atoms with Gasteiger partial charge in [-0.2, -0.15) is 0 Å². The van der Waals surface area contributed by atoms with Crippen LogP contribution in [0.15, 0.2) is 36.5 Å². The van der Waals surface area contributed by atoms with E-state index < -0.39 is 0 Å². The number of imidazole rings is 1. The summed E-state index contributed by atoms with van der Waals surface area (Å²) in [4.78, 5) is 9.08. The third-order valence-corrected chi connectivity index (χ3v) is 3.54. The zero-order valence-electron chi connectivity index (χ0n) is 11.2. The van der Waals surface area contributed by atoms with Crippen molar-refractivity contribution in [3.8, 4) is 11.4 Å². The smallest absolute Gasteiger partial charge is 0.160 e. The highest BCUT2D eigenvalue weighted by Crippen LogP contribution is 2.34. The number of fused-ring (bicyclic) bond motifs is 1. The molecular formula is C15H15ClN4. The molecule has 0 aliphatic carbocycles. The number of nitrogen functional groups attached to an aromatic ring is 1. The van der Waals surface area contributed by atoms with Gasteiger partial charge in [-0.25, -0.2) is 9.97 Å². The monoisotopic (exact) mass is 286 g/mol. The Labute approximate surface area is 122 Å². The average Bonchev–Trinajstić information content (AvgIpc) is 2.78. The summed E-state index contributed by atoms with van der Waals surface area (Å²) in [6, 6.07) is 9.34.